The quantitative estimate of drug-likeness (QED) is 0.781. The SMILES string of the molecule is Cc1ccc(CNC(=O)c2cc3ccccc3[nH]c2=O)cc1C. The first kappa shape index (κ1) is 15.0. The van der Waals surface area contributed by atoms with Gasteiger partial charge in [0, 0.05) is 12.1 Å². The van der Waals surface area contributed by atoms with Crippen LogP contribution in [-0.2, 0) is 6.54 Å². The lowest BCUT2D eigenvalue weighted by Gasteiger charge is -2.08. The summed E-state index contributed by atoms with van der Waals surface area (Å²) in [5, 5.41) is 3.65. The standard InChI is InChI=1S/C19H18N2O2/c1-12-7-8-14(9-13(12)2)11-20-18(22)16-10-15-5-3-4-6-17(15)21-19(16)23/h3-10H,11H2,1-2H3,(H,20,22)(H,21,23). The molecule has 0 aliphatic heterocycles. The molecule has 0 atom stereocenters. The number of amides is 1. The molecule has 0 aliphatic carbocycles. The molecule has 4 heteroatoms. The van der Waals surface area contributed by atoms with E-state index in [-0.39, 0.29) is 17.0 Å². The number of nitrogens with one attached hydrogen (secondary N) is 2. The number of pyridine rings is 1. The summed E-state index contributed by atoms with van der Waals surface area (Å²) in [7, 11) is 0. The van der Waals surface area contributed by atoms with E-state index in [2.05, 4.69) is 10.3 Å². The molecule has 1 heterocycles. The summed E-state index contributed by atoms with van der Waals surface area (Å²) in [5.74, 6) is -0.366. The van der Waals surface area contributed by atoms with Crippen LogP contribution in [0.4, 0.5) is 0 Å². The molecule has 2 aromatic carbocycles. The van der Waals surface area contributed by atoms with Crippen LogP contribution in [0, 0.1) is 13.8 Å². The van der Waals surface area contributed by atoms with Crippen LogP contribution in [0.1, 0.15) is 27.0 Å². The van der Waals surface area contributed by atoms with Crippen LogP contribution in [0.15, 0.2) is 53.3 Å². The van der Waals surface area contributed by atoms with Gasteiger partial charge in [-0.2, -0.15) is 0 Å². The molecule has 0 aliphatic rings. The van der Waals surface area contributed by atoms with Crippen LogP contribution >= 0.6 is 0 Å². The Balaban J connectivity index is 1.81. The smallest absolute Gasteiger partial charge is 0.261 e. The van der Waals surface area contributed by atoms with E-state index < -0.39 is 0 Å². The molecule has 2 N–H and O–H groups in total. The zero-order valence-electron chi connectivity index (χ0n) is 13.1. The first-order valence-corrected chi connectivity index (χ1v) is 7.51. The molecular formula is C19H18N2O2. The number of H-pyrrole nitrogens is 1. The van der Waals surface area contributed by atoms with Gasteiger partial charge < -0.3 is 10.3 Å². The number of hydrogen-bond acceptors (Lipinski definition) is 2. The molecule has 116 valence electrons. The second-order valence-electron chi connectivity index (χ2n) is 5.70. The highest BCUT2D eigenvalue weighted by atomic mass is 16.2. The van der Waals surface area contributed by atoms with Gasteiger partial charge in [0.1, 0.15) is 5.56 Å². The fraction of sp³-hybridized carbons (Fsp3) is 0.158. The van der Waals surface area contributed by atoms with Gasteiger partial charge in [-0.1, -0.05) is 36.4 Å². The Kier molecular flexibility index (Phi) is 3.98. The molecule has 0 bridgehead atoms. The predicted molar refractivity (Wildman–Crippen MR) is 91.7 cm³/mol. The van der Waals surface area contributed by atoms with E-state index >= 15 is 0 Å². The van der Waals surface area contributed by atoms with Crippen LogP contribution in [0.2, 0.25) is 0 Å². The van der Waals surface area contributed by atoms with Crippen molar-refractivity contribution in [1.29, 1.82) is 0 Å². The molecule has 3 aromatic rings. The summed E-state index contributed by atoms with van der Waals surface area (Å²) in [6.45, 7) is 4.48. The first-order chi connectivity index (χ1) is 11.0. The Labute approximate surface area is 134 Å². The molecule has 4 nitrogen and oxygen atoms in total. The van der Waals surface area contributed by atoms with Gasteiger partial charge in [0.05, 0.1) is 0 Å². The Hall–Kier alpha value is -2.88. The number of rotatable bonds is 3. The molecule has 0 radical (unpaired) electrons. The highest BCUT2D eigenvalue weighted by Crippen LogP contribution is 2.11. The lowest BCUT2D eigenvalue weighted by atomic mass is 10.1. The fourth-order valence-electron chi connectivity index (χ4n) is 2.51. The first-order valence-electron chi connectivity index (χ1n) is 7.51. The van der Waals surface area contributed by atoms with Crippen LogP contribution in [-0.4, -0.2) is 10.9 Å². The van der Waals surface area contributed by atoms with E-state index in [1.54, 1.807) is 6.07 Å². The summed E-state index contributed by atoms with van der Waals surface area (Å²) in [6, 6.07) is 15.1. The van der Waals surface area contributed by atoms with Crippen molar-refractivity contribution >= 4 is 16.8 Å². The van der Waals surface area contributed by atoms with Gasteiger partial charge >= 0.3 is 0 Å². The van der Waals surface area contributed by atoms with Gasteiger partial charge in [-0.05, 0) is 48.1 Å². The maximum absolute atomic E-state index is 12.3. The predicted octanol–water partition coefficient (Wildman–Crippen LogP) is 3.07. The molecule has 0 spiro atoms. The van der Waals surface area contributed by atoms with Crippen molar-refractivity contribution in [1.82, 2.24) is 10.3 Å². The summed E-state index contributed by atoms with van der Waals surface area (Å²) in [4.78, 5) is 27.1. The van der Waals surface area contributed by atoms with Crippen LogP contribution in [0.3, 0.4) is 0 Å². The highest BCUT2D eigenvalue weighted by molar-refractivity contribution is 5.97. The summed E-state index contributed by atoms with van der Waals surface area (Å²) in [6.07, 6.45) is 0. The highest BCUT2D eigenvalue weighted by Gasteiger charge is 2.11. The van der Waals surface area contributed by atoms with Crippen molar-refractivity contribution in [3.05, 3.63) is 81.1 Å². The van der Waals surface area contributed by atoms with Crippen LogP contribution < -0.4 is 10.9 Å². The zero-order valence-corrected chi connectivity index (χ0v) is 13.1. The number of hydrogen-bond donors (Lipinski definition) is 2. The van der Waals surface area contributed by atoms with Gasteiger partial charge in [0.15, 0.2) is 0 Å². The van der Waals surface area contributed by atoms with Crippen molar-refractivity contribution < 1.29 is 4.79 Å². The van der Waals surface area contributed by atoms with Crippen molar-refractivity contribution in [2.45, 2.75) is 20.4 Å². The average Bonchev–Trinajstić information content (AvgIpc) is 2.55. The number of para-hydroxylation sites is 1. The van der Waals surface area contributed by atoms with Gasteiger partial charge in [-0.25, -0.2) is 0 Å². The number of aryl methyl sites for hydroxylation is 2. The summed E-state index contributed by atoms with van der Waals surface area (Å²) < 4.78 is 0. The number of carbonyl (C=O) groups is 1. The second kappa shape index (κ2) is 6.08. The van der Waals surface area contributed by atoms with Crippen molar-refractivity contribution in [3.63, 3.8) is 0 Å². The van der Waals surface area contributed by atoms with E-state index in [0.717, 1.165) is 16.5 Å². The van der Waals surface area contributed by atoms with Gasteiger partial charge in [0.2, 0.25) is 0 Å². The normalized spacial score (nSPS) is 10.7. The van der Waals surface area contributed by atoms with Crippen molar-refractivity contribution in [3.8, 4) is 0 Å². The van der Waals surface area contributed by atoms with Gasteiger partial charge in [0.25, 0.3) is 11.5 Å². The third-order valence-corrected chi connectivity index (χ3v) is 4.02. The summed E-state index contributed by atoms with van der Waals surface area (Å²) >= 11 is 0. The van der Waals surface area contributed by atoms with Crippen LogP contribution in [0.5, 0.6) is 0 Å². The van der Waals surface area contributed by atoms with Crippen LogP contribution in [0.25, 0.3) is 10.9 Å². The second-order valence-corrected chi connectivity index (χ2v) is 5.70. The number of fused-ring (bicyclic) bond motifs is 1. The average molecular weight is 306 g/mol. The fourth-order valence-corrected chi connectivity index (χ4v) is 2.51. The topological polar surface area (TPSA) is 62.0 Å². The van der Waals surface area contributed by atoms with E-state index in [0.29, 0.717) is 6.54 Å². The monoisotopic (exact) mass is 306 g/mol. The minimum atomic E-state index is -0.374. The van der Waals surface area contributed by atoms with Gasteiger partial charge in [-0.15, -0.1) is 0 Å². The molecule has 1 aromatic heterocycles. The summed E-state index contributed by atoms with van der Waals surface area (Å²) in [5.41, 5.74) is 3.89. The van der Waals surface area contributed by atoms with E-state index in [9.17, 15) is 9.59 Å². The molecule has 23 heavy (non-hydrogen) atoms. The minimum Gasteiger partial charge on any atom is -0.348 e. The van der Waals surface area contributed by atoms with Crippen molar-refractivity contribution in [2.75, 3.05) is 0 Å². The zero-order chi connectivity index (χ0) is 16.4. The third-order valence-electron chi connectivity index (χ3n) is 4.02. The molecule has 0 saturated carbocycles. The Morgan fingerprint density at radius 3 is 2.61 bits per heavy atom. The largest absolute Gasteiger partial charge is 0.348 e. The lowest BCUT2D eigenvalue weighted by Crippen LogP contribution is -2.29. The maximum atomic E-state index is 12.3. The molecule has 3 rings (SSSR count). The maximum Gasteiger partial charge on any atom is 0.261 e. The molecular weight excluding hydrogens is 288 g/mol. The molecule has 0 saturated heterocycles. The number of aromatic amines is 1. The van der Waals surface area contributed by atoms with Crippen molar-refractivity contribution in [2.24, 2.45) is 0 Å². The Morgan fingerprint density at radius 1 is 1.04 bits per heavy atom. The number of aromatic nitrogens is 1. The van der Waals surface area contributed by atoms with E-state index in [4.69, 9.17) is 0 Å². The Morgan fingerprint density at radius 2 is 1.83 bits per heavy atom. The van der Waals surface area contributed by atoms with E-state index in [1.807, 2.05) is 56.3 Å². The molecule has 1 amide bonds. The third kappa shape index (κ3) is 3.16. The number of carbonyl (C=O) groups excluding carboxylic acids is 1. The molecule has 0 fully saturated rings. The van der Waals surface area contributed by atoms with Gasteiger partial charge in [-0.3, -0.25) is 9.59 Å². The Bertz CT molecular complexity index is 941. The lowest BCUT2D eigenvalue weighted by molar-refractivity contribution is 0.0949. The minimum absolute atomic E-state index is 0.132. The number of benzene rings is 2. The molecule has 0 unspecified atom stereocenters. The van der Waals surface area contributed by atoms with E-state index in [1.165, 1.54) is 11.1 Å².